The van der Waals surface area contributed by atoms with Crippen molar-refractivity contribution in [1.29, 1.82) is 5.26 Å². The van der Waals surface area contributed by atoms with E-state index in [1.54, 1.807) is 6.07 Å². The summed E-state index contributed by atoms with van der Waals surface area (Å²) in [5.41, 5.74) is 1.44. The van der Waals surface area contributed by atoms with Crippen molar-refractivity contribution in [3.8, 4) is 6.07 Å². The highest BCUT2D eigenvalue weighted by Gasteiger charge is 2.23. The lowest BCUT2D eigenvalue weighted by molar-refractivity contribution is 0.0962. The molecular formula is C11H13BrN2O. The van der Waals surface area contributed by atoms with E-state index in [1.807, 2.05) is 26.0 Å². The summed E-state index contributed by atoms with van der Waals surface area (Å²) in [6.07, 6.45) is 0. The SMILES string of the molecule is CC(C)(CON)c1cc(C#N)ccc1Br. The number of benzene rings is 1. The Morgan fingerprint density at radius 2 is 2.20 bits per heavy atom. The van der Waals surface area contributed by atoms with Crippen LogP contribution in [0.15, 0.2) is 22.7 Å². The Balaban J connectivity index is 3.18. The Hall–Kier alpha value is -0.890. The number of nitriles is 1. The maximum absolute atomic E-state index is 8.83. The molecule has 1 aromatic carbocycles. The van der Waals surface area contributed by atoms with Crippen LogP contribution in [0.4, 0.5) is 0 Å². The zero-order valence-corrected chi connectivity index (χ0v) is 10.3. The van der Waals surface area contributed by atoms with Crippen molar-refractivity contribution in [2.24, 2.45) is 5.90 Å². The van der Waals surface area contributed by atoms with Gasteiger partial charge in [0.25, 0.3) is 0 Å². The smallest absolute Gasteiger partial charge is 0.0991 e. The van der Waals surface area contributed by atoms with Crippen LogP contribution in [0.5, 0.6) is 0 Å². The fourth-order valence-electron chi connectivity index (χ4n) is 1.40. The van der Waals surface area contributed by atoms with Crippen LogP contribution in [0.1, 0.15) is 25.0 Å². The average Bonchev–Trinajstić information content (AvgIpc) is 2.18. The Kier molecular flexibility index (Phi) is 3.86. The third-order valence-electron chi connectivity index (χ3n) is 2.27. The molecule has 0 unspecified atom stereocenters. The quantitative estimate of drug-likeness (QED) is 0.857. The Bertz CT molecular complexity index is 396. The first-order valence-corrected chi connectivity index (χ1v) is 5.32. The molecule has 4 heteroatoms. The van der Waals surface area contributed by atoms with Gasteiger partial charge < -0.3 is 4.84 Å². The van der Waals surface area contributed by atoms with E-state index in [-0.39, 0.29) is 5.41 Å². The molecule has 0 saturated carbocycles. The molecule has 0 heterocycles. The lowest BCUT2D eigenvalue weighted by atomic mass is 9.85. The van der Waals surface area contributed by atoms with E-state index in [4.69, 9.17) is 11.2 Å². The van der Waals surface area contributed by atoms with Crippen molar-refractivity contribution < 1.29 is 4.84 Å². The molecule has 0 saturated heterocycles. The molecule has 1 aromatic rings. The largest absolute Gasteiger partial charge is 0.304 e. The standard InChI is InChI=1S/C11H13BrN2O/c1-11(2,7-15-14)9-5-8(6-13)3-4-10(9)12/h3-5H,7,14H2,1-2H3. The zero-order chi connectivity index (χ0) is 11.5. The molecule has 2 N–H and O–H groups in total. The van der Waals surface area contributed by atoms with Gasteiger partial charge in [-0.2, -0.15) is 5.26 Å². The molecule has 0 aliphatic rings. The predicted octanol–water partition coefficient (Wildman–Crippen LogP) is 2.49. The number of hydrogen-bond acceptors (Lipinski definition) is 3. The fourth-order valence-corrected chi connectivity index (χ4v) is 2.18. The van der Waals surface area contributed by atoms with Crippen molar-refractivity contribution in [3.05, 3.63) is 33.8 Å². The molecule has 1 rings (SSSR count). The molecule has 0 spiro atoms. The van der Waals surface area contributed by atoms with E-state index in [9.17, 15) is 0 Å². The van der Waals surface area contributed by atoms with E-state index < -0.39 is 0 Å². The minimum atomic E-state index is -0.222. The molecule has 0 aromatic heterocycles. The Labute approximate surface area is 97.9 Å². The van der Waals surface area contributed by atoms with Gasteiger partial charge in [0.15, 0.2) is 0 Å². The van der Waals surface area contributed by atoms with Gasteiger partial charge in [-0.15, -0.1) is 0 Å². The number of hydrogen-bond donors (Lipinski definition) is 1. The monoisotopic (exact) mass is 268 g/mol. The Morgan fingerprint density at radius 3 is 2.73 bits per heavy atom. The maximum atomic E-state index is 8.83. The topological polar surface area (TPSA) is 59.0 Å². The molecule has 3 nitrogen and oxygen atoms in total. The first kappa shape index (κ1) is 12.2. The highest BCUT2D eigenvalue weighted by molar-refractivity contribution is 9.10. The molecule has 80 valence electrons. The van der Waals surface area contributed by atoms with Gasteiger partial charge in [-0.05, 0) is 23.8 Å². The minimum absolute atomic E-state index is 0.222. The summed E-state index contributed by atoms with van der Waals surface area (Å²) >= 11 is 3.46. The second-order valence-corrected chi connectivity index (χ2v) is 4.86. The van der Waals surface area contributed by atoms with Crippen LogP contribution in [-0.2, 0) is 10.3 Å². The van der Waals surface area contributed by atoms with E-state index in [2.05, 4.69) is 26.8 Å². The molecule has 0 fully saturated rings. The number of nitrogens with zero attached hydrogens (tertiary/aromatic N) is 1. The fraction of sp³-hybridized carbons (Fsp3) is 0.364. The van der Waals surface area contributed by atoms with Gasteiger partial charge in [0, 0.05) is 9.89 Å². The highest BCUT2D eigenvalue weighted by atomic mass is 79.9. The van der Waals surface area contributed by atoms with Gasteiger partial charge in [0.2, 0.25) is 0 Å². The first-order valence-electron chi connectivity index (χ1n) is 4.53. The van der Waals surface area contributed by atoms with E-state index in [0.29, 0.717) is 12.2 Å². The molecule has 15 heavy (non-hydrogen) atoms. The van der Waals surface area contributed by atoms with Crippen LogP contribution in [0.25, 0.3) is 0 Å². The summed E-state index contributed by atoms with van der Waals surface area (Å²) in [4.78, 5) is 4.69. The summed E-state index contributed by atoms with van der Waals surface area (Å²) in [6, 6.07) is 7.60. The predicted molar refractivity (Wildman–Crippen MR) is 62.0 cm³/mol. The molecule has 0 aliphatic carbocycles. The Morgan fingerprint density at radius 1 is 1.53 bits per heavy atom. The van der Waals surface area contributed by atoms with Gasteiger partial charge in [-0.25, -0.2) is 5.90 Å². The third kappa shape index (κ3) is 2.78. The number of halogens is 1. The zero-order valence-electron chi connectivity index (χ0n) is 8.75. The molecular weight excluding hydrogens is 256 g/mol. The number of rotatable bonds is 3. The lowest BCUT2D eigenvalue weighted by Gasteiger charge is -2.25. The summed E-state index contributed by atoms with van der Waals surface area (Å²) in [5, 5.41) is 8.83. The molecule has 0 radical (unpaired) electrons. The molecule has 0 atom stereocenters. The van der Waals surface area contributed by atoms with Crippen LogP contribution in [0.2, 0.25) is 0 Å². The normalized spacial score (nSPS) is 11.1. The van der Waals surface area contributed by atoms with Gasteiger partial charge >= 0.3 is 0 Å². The second-order valence-electron chi connectivity index (χ2n) is 4.00. The van der Waals surface area contributed by atoms with Crippen molar-refractivity contribution >= 4 is 15.9 Å². The highest BCUT2D eigenvalue weighted by Crippen LogP contribution is 2.30. The number of nitrogens with two attached hydrogens (primary N) is 1. The van der Waals surface area contributed by atoms with Crippen LogP contribution < -0.4 is 5.90 Å². The second kappa shape index (κ2) is 4.75. The lowest BCUT2D eigenvalue weighted by Crippen LogP contribution is -2.26. The third-order valence-corrected chi connectivity index (χ3v) is 2.96. The summed E-state index contributed by atoms with van der Waals surface area (Å²) < 4.78 is 0.962. The van der Waals surface area contributed by atoms with Crippen LogP contribution in [0.3, 0.4) is 0 Å². The van der Waals surface area contributed by atoms with Crippen molar-refractivity contribution in [2.45, 2.75) is 19.3 Å². The average molecular weight is 269 g/mol. The maximum Gasteiger partial charge on any atom is 0.0991 e. The summed E-state index contributed by atoms with van der Waals surface area (Å²) in [6.45, 7) is 4.43. The van der Waals surface area contributed by atoms with Crippen molar-refractivity contribution in [2.75, 3.05) is 6.61 Å². The van der Waals surface area contributed by atoms with Gasteiger partial charge in [-0.1, -0.05) is 29.8 Å². The van der Waals surface area contributed by atoms with E-state index >= 15 is 0 Å². The first-order chi connectivity index (χ1) is 7.01. The summed E-state index contributed by atoms with van der Waals surface area (Å²) in [5.74, 6) is 5.09. The van der Waals surface area contributed by atoms with E-state index in [1.165, 1.54) is 0 Å². The van der Waals surface area contributed by atoms with Crippen LogP contribution >= 0.6 is 15.9 Å². The van der Waals surface area contributed by atoms with Gasteiger partial charge in [0.05, 0.1) is 18.2 Å². The summed E-state index contributed by atoms with van der Waals surface area (Å²) in [7, 11) is 0. The molecule has 0 bridgehead atoms. The van der Waals surface area contributed by atoms with Gasteiger partial charge in [-0.3, -0.25) is 0 Å². The van der Waals surface area contributed by atoms with Gasteiger partial charge in [0.1, 0.15) is 0 Å². The van der Waals surface area contributed by atoms with Crippen molar-refractivity contribution in [1.82, 2.24) is 0 Å². The van der Waals surface area contributed by atoms with E-state index in [0.717, 1.165) is 10.0 Å². The minimum Gasteiger partial charge on any atom is -0.304 e. The van der Waals surface area contributed by atoms with Crippen molar-refractivity contribution in [3.63, 3.8) is 0 Å². The molecule has 0 aliphatic heterocycles. The van der Waals surface area contributed by atoms with Crippen LogP contribution in [-0.4, -0.2) is 6.61 Å². The van der Waals surface area contributed by atoms with Crippen LogP contribution in [0, 0.1) is 11.3 Å². The molecule has 0 amide bonds.